The zero-order valence-corrected chi connectivity index (χ0v) is 17.2. The van der Waals surface area contributed by atoms with Crippen molar-refractivity contribution in [2.75, 3.05) is 23.8 Å². The highest BCUT2D eigenvalue weighted by Gasteiger charge is 2.35. The number of ether oxygens (including phenoxy) is 2. The lowest BCUT2D eigenvalue weighted by molar-refractivity contribution is -0.137. The fourth-order valence-electron chi connectivity index (χ4n) is 3.99. The minimum atomic E-state index is -4.72. The van der Waals surface area contributed by atoms with E-state index in [-0.39, 0.29) is 17.8 Å². The van der Waals surface area contributed by atoms with Crippen molar-refractivity contribution in [1.82, 2.24) is 0 Å². The van der Waals surface area contributed by atoms with Crippen molar-refractivity contribution >= 4 is 23.2 Å². The van der Waals surface area contributed by atoms with Crippen LogP contribution in [0.1, 0.15) is 42.1 Å². The number of carbonyl (C=O) groups is 2. The fourth-order valence-corrected chi connectivity index (χ4v) is 3.99. The molecule has 2 heterocycles. The van der Waals surface area contributed by atoms with Crippen LogP contribution in [0.5, 0.6) is 0 Å². The van der Waals surface area contributed by atoms with E-state index in [0.717, 1.165) is 36.1 Å². The normalized spacial score (nSPS) is 20.5. The molecule has 0 radical (unpaired) electrons. The summed E-state index contributed by atoms with van der Waals surface area (Å²) in [5, 5.41) is 4.81. The van der Waals surface area contributed by atoms with Gasteiger partial charge in [-0.25, -0.2) is 0 Å². The number of alkyl halides is 3. The van der Waals surface area contributed by atoms with Crippen LogP contribution in [-0.4, -0.2) is 31.1 Å². The smallest absolute Gasteiger partial charge is 0.373 e. The maximum absolute atomic E-state index is 13.7. The van der Waals surface area contributed by atoms with Crippen molar-refractivity contribution in [3.8, 4) is 0 Å². The van der Waals surface area contributed by atoms with E-state index in [1.165, 1.54) is 6.07 Å². The Labute approximate surface area is 183 Å². The molecular weight excluding hydrogens is 425 g/mol. The standard InChI is InChI=1S/C23H23F3N2O4/c24-23(25,26)17-12-15(27-22(30)19-6-3-10-31-19)7-8-18(17)28-21(29)13-20-16-5-2-1-4-14(16)9-11-32-20/h1-2,4-5,7-8,12,19-20H,3,6,9-11,13H2,(H,27,30)(H,28,29). The van der Waals surface area contributed by atoms with Crippen LogP contribution in [0.4, 0.5) is 24.5 Å². The van der Waals surface area contributed by atoms with Gasteiger partial charge < -0.3 is 20.1 Å². The predicted molar refractivity (Wildman–Crippen MR) is 111 cm³/mol. The lowest BCUT2D eigenvalue weighted by Gasteiger charge is -2.26. The summed E-state index contributed by atoms with van der Waals surface area (Å²) in [4.78, 5) is 24.7. The highest BCUT2D eigenvalue weighted by Crippen LogP contribution is 2.37. The van der Waals surface area contributed by atoms with Crippen LogP contribution in [-0.2, 0) is 31.7 Å². The van der Waals surface area contributed by atoms with Gasteiger partial charge in [0.2, 0.25) is 5.91 Å². The molecule has 0 spiro atoms. The molecule has 2 amide bonds. The van der Waals surface area contributed by atoms with Crippen molar-refractivity contribution < 1.29 is 32.2 Å². The van der Waals surface area contributed by atoms with Crippen molar-refractivity contribution in [1.29, 1.82) is 0 Å². The Bertz CT molecular complexity index is 1000. The molecule has 0 bridgehead atoms. The first-order valence-corrected chi connectivity index (χ1v) is 10.4. The second kappa shape index (κ2) is 9.30. The van der Waals surface area contributed by atoms with Crippen molar-refractivity contribution in [2.45, 2.75) is 44.1 Å². The van der Waals surface area contributed by atoms with Gasteiger partial charge in [-0.3, -0.25) is 9.59 Å². The van der Waals surface area contributed by atoms with Crippen LogP contribution in [0.25, 0.3) is 0 Å². The van der Waals surface area contributed by atoms with Gasteiger partial charge in [0.1, 0.15) is 6.10 Å². The molecular formula is C23H23F3N2O4. The summed E-state index contributed by atoms with van der Waals surface area (Å²) in [5.41, 5.74) is 0.513. The largest absolute Gasteiger partial charge is 0.418 e. The Morgan fingerprint density at radius 1 is 1.03 bits per heavy atom. The summed E-state index contributed by atoms with van der Waals surface area (Å²) in [5.74, 6) is -1.08. The van der Waals surface area contributed by atoms with Crippen LogP contribution in [0.15, 0.2) is 42.5 Å². The van der Waals surface area contributed by atoms with E-state index < -0.39 is 35.8 Å². The summed E-state index contributed by atoms with van der Waals surface area (Å²) < 4.78 is 51.9. The van der Waals surface area contributed by atoms with Crippen molar-refractivity contribution in [3.05, 3.63) is 59.2 Å². The average Bonchev–Trinajstić information content (AvgIpc) is 3.29. The minimum Gasteiger partial charge on any atom is -0.373 e. The summed E-state index contributed by atoms with van der Waals surface area (Å²) in [7, 11) is 0. The van der Waals surface area contributed by atoms with Crippen LogP contribution >= 0.6 is 0 Å². The number of anilines is 2. The van der Waals surface area contributed by atoms with Gasteiger partial charge in [-0.1, -0.05) is 24.3 Å². The van der Waals surface area contributed by atoms with Gasteiger partial charge in [-0.05, 0) is 48.6 Å². The number of nitrogens with one attached hydrogen (secondary N) is 2. The molecule has 0 saturated carbocycles. The second-order valence-corrected chi connectivity index (χ2v) is 7.81. The number of hydrogen-bond donors (Lipinski definition) is 2. The predicted octanol–water partition coefficient (Wildman–Crippen LogP) is 4.47. The summed E-state index contributed by atoms with van der Waals surface area (Å²) in [6.45, 7) is 0.897. The third-order valence-corrected chi connectivity index (χ3v) is 5.55. The van der Waals surface area contributed by atoms with Gasteiger partial charge in [0, 0.05) is 12.3 Å². The molecule has 6 nitrogen and oxygen atoms in total. The molecule has 1 saturated heterocycles. The van der Waals surface area contributed by atoms with Gasteiger partial charge in [-0.15, -0.1) is 0 Å². The molecule has 9 heteroatoms. The molecule has 1 fully saturated rings. The fraction of sp³-hybridized carbons (Fsp3) is 0.391. The Morgan fingerprint density at radius 3 is 2.59 bits per heavy atom. The monoisotopic (exact) mass is 448 g/mol. The lowest BCUT2D eigenvalue weighted by Crippen LogP contribution is -2.27. The highest BCUT2D eigenvalue weighted by atomic mass is 19.4. The van der Waals surface area contributed by atoms with E-state index in [0.29, 0.717) is 19.6 Å². The van der Waals surface area contributed by atoms with E-state index >= 15 is 0 Å². The molecule has 0 aliphatic carbocycles. The first-order valence-electron chi connectivity index (χ1n) is 10.4. The molecule has 170 valence electrons. The van der Waals surface area contributed by atoms with Crippen LogP contribution in [0, 0.1) is 0 Å². The maximum atomic E-state index is 13.7. The molecule has 2 unspecified atom stereocenters. The van der Waals surface area contributed by atoms with Gasteiger partial charge >= 0.3 is 6.18 Å². The van der Waals surface area contributed by atoms with E-state index in [1.54, 1.807) is 0 Å². The van der Waals surface area contributed by atoms with Crippen LogP contribution < -0.4 is 10.6 Å². The zero-order chi connectivity index (χ0) is 22.7. The zero-order valence-electron chi connectivity index (χ0n) is 17.2. The van der Waals surface area contributed by atoms with Gasteiger partial charge in [0.15, 0.2) is 0 Å². The lowest BCUT2D eigenvalue weighted by atomic mass is 9.95. The Balaban J connectivity index is 1.48. The summed E-state index contributed by atoms with van der Waals surface area (Å²) in [6, 6.07) is 10.8. The molecule has 4 rings (SSSR count). The van der Waals surface area contributed by atoms with Crippen molar-refractivity contribution in [2.24, 2.45) is 0 Å². The number of halogens is 3. The molecule has 2 N–H and O–H groups in total. The Hall–Kier alpha value is -2.91. The number of hydrogen-bond acceptors (Lipinski definition) is 4. The third-order valence-electron chi connectivity index (χ3n) is 5.55. The highest BCUT2D eigenvalue weighted by molar-refractivity contribution is 5.96. The molecule has 2 atom stereocenters. The molecule has 32 heavy (non-hydrogen) atoms. The van der Waals surface area contributed by atoms with E-state index in [2.05, 4.69) is 10.6 Å². The molecule has 2 aromatic carbocycles. The van der Waals surface area contributed by atoms with E-state index in [1.807, 2.05) is 24.3 Å². The molecule has 2 aliphatic rings. The van der Waals surface area contributed by atoms with Gasteiger partial charge in [-0.2, -0.15) is 13.2 Å². The maximum Gasteiger partial charge on any atom is 0.418 e. The number of rotatable bonds is 5. The van der Waals surface area contributed by atoms with Crippen LogP contribution in [0.3, 0.4) is 0 Å². The number of benzene rings is 2. The SMILES string of the molecule is O=C(CC1OCCc2ccccc21)Nc1ccc(NC(=O)C2CCCO2)cc1C(F)(F)F. The van der Waals surface area contributed by atoms with E-state index in [9.17, 15) is 22.8 Å². The van der Waals surface area contributed by atoms with Gasteiger partial charge in [0.05, 0.1) is 30.4 Å². The molecule has 2 aliphatic heterocycles. The average molecular weight is 448 g/mol. The summed E-state index contributed by atoms with van der Waals surface area (Å²) in [6.07, 6.45) is -4.02. The van der Waals surface area contributed by atoms with Gasteiger partial charge in [0.25, 0.3) is 5.91 Å². The first kappa shape index (κ1) is 22.3. The Morgan fingerprint density at radius 2 is 1.84 bits per heavy atom. The number of carbonyl (C=O) groups excluding carboxylic acids is 2. The minimum absolute atomic E-state index is 0.0136. The molecule has 2 aromatic rings. The summed E-state index contributed by atoms with van der Waals surface area (Å²) >= 11 is 0. The van der Waals surface area contributed by atoms with E-state index in [4.69, 9.17) is 9.47 Å². The third kappa shape index (κ3) is 5.11. The first-order chi connectivity index (χ1) is 15.3. The topological polar surface area (TPSA) is 76.7 Å². The number of amides is 2. The van der Waals surface area contributed by atoms with Crippen LogP contribution in [0.2, 0.25) is 0 Å². The Kier molecular flexibility index (Phi) is 6.48. The molecule has 0 aromatic heterocycles. The number of fused-ring (bicyclic) bond motifs is 1. The quantitative estimate of drug-likeness (QED) is 0.708. The second-order valence-electron chi connectivity index (χ2n) is 7.81. The van der Waals surface area contributed by atoms with Crippen molar-refractivity contribution in [3.63, 3.8) is 0 Å².